The summed E-state index contributed by atoms with van der Waals surface area (Å²) >= 11 is 0. The smallest absolute Gasteiger partial charge is 0.237 e. The largest absolute Gasteiger partial charge is 0.464 e. The van der Waals surface area contributed by atoms with Crippen LogP contribution in [0.25, 0.3) is 0 Å². The van der Waals surface area contributed by atoms with Crippen molar-refractivity contribution < 1.29 is 13.9 Å². The van der Waals surface area contributed by atoms with E-state index in [1.807, 2.05) is 66.4 Å². The van der Waals surface area contributed by atoms with E-state index >= 15 is 0 Å². The van der Waals surface area contributed by atoms with Crippen LogP contribution < -0.4 is 0 Å². The van der Waals surface area contributed by atoms with E-state index < -0.39 is 0 Å². The van der Waals surface area contributed by atoms with Crippen LogP contribution in [0, 0.1) is 18.3 Å². The van der Waals surface area contributed by atoms with E-state index in [0.717, 1.165) is 43.0 Å². The van der Waals surface area contributed by atoms with Crippen LogP contribution in [-0.4, -0.2) is 48.1 Å². The lowest BCUT2D eigenvalue weighted by Crippen LogP contribution is -2.43. The highest BCUT2D eigenvalue weighted by atomic mass is 16.5. The first-order chi connectivity index (χ1) is 17.1. The van der Waals surface area contributed by atoms with Gasteiger partial charge in [-0.15, -0.1) is 0 Å². The number of nitriles is 1. The maximum atomic E-state index is 13.6. The number of amides is 1. The number of hydrogen-bond acceptors (Lipinski definition) is 5. The molecule has 0 spiro atoms. The molecular weight excluding hydrogens is 438 g/mol. The lowest BCUT2D eigenvalue weighted by atomic mass is 10.1. The number of carbonyl (C=O) groups excluding carboxylic acids is 1. The molecule has 0 N–H and O–H groups in total. The molecule has 1 aliphatic rings. The van der Waals surface area contributed by atoms with Crippen LogP contribution in [0.2, 0.25) is 0 Å². The van der Waals surface area contributed by atoms with Crippen molar-refractivity contribution in [3.63, 3.8) is 0 Å². The van der Waals surface area contributed by atoms with Gasteiger partial charge < -0.3 is 14.1 Å². The van der Waals surface area contributed by atoms with E-state index in [2.05, 4.69) is 23.1 Å². The zero-order valence-electron chi connectivity index (χ0n) is 20.4. The van der Waals surface area contributed by atoms with Gasteiger partial charge in [0.05, 0.1) is 30.8 Å². The summed E-state index contributed by atoms with van der Waals surface area (Å²) in [6.45, 7) is 5.40. The second-order valence-electron chi connectivity index (χ2n) is 9.18. The number of benzene rings is 2. The maximum absolute atomic E-state index is 13.6. The zero-order chi connectivity index (χ0) is 24.5. The molecule has 2 heterocycles. The first-order valence-electron chi connectivity index (χ1n) is 12.3. The van der Waals surface area contributed by atoms with Crippen molar-refractivity contribution in [1.29, 1.82) is 5.26 Å². The molecule has 6 nitrogen and oxygen atoms in total. The number of furan rings is 1. The Hall–Kier alpha value is -3.40. The monoisotopic (exact) mass is 471 g/mol. The van der Waals surface area contributed by atoms with Crippen LogP contribution in [0.15, 0.2) is 71.1 Å². The van der Waals surface area contributed by atoms with Crippen LogP contribution in [-0.2, 0) is 29.0 Å². The molecule has 0 bridgehead atoms. The van der Waals surface area contributed by atoms with Gasteiger partial charge in [0.25, 0.3) is 0 Å². The summed E-state index contributed by atoms with van der Waals surface area (Å²) < 4.78 is 11.7. The summed E-state index contributed by atoms with van der Waals surface area (Å²) in [6, 6.07) is 23.9. The maximum Gasteiger partial charge on any atom is 0.237 e. The van der Waals surface area contributed by atoms with E-state index in [1.165, 1.54) is 5.56 Å². The van der Waals surface area contributed by atoms with E-state index in [4.69, 9.17) is 14.4 Å². The fourth-order valence-corrected chi connectivity index (χ4v) is 4.45. The molecule has 3 aromatic rings. The van der Waals surface area contributed by atoms with Crippen molar-refractivity contribution in [3.05, 3.63) is 94.9 Å². The summed E-state index contributed by atoms with van der Waals surface area (Å²) in [5.74, 6) is 1.71. The molecule has 4 rings (SSSR count). The molecule has 1 fully saturated rings. The topological polar surface area (TPSA) is 69.7 Å². The van der Waals surface area contributed by atoms with Gasteiger partial charge >= 0.3 is 0 Å². The van der Waals surface area contributed by atoms with Gasteiger partial charge in [-0.2, -0.15) is 5.26 Å². The fourth-order valence-electron chi connectivity index (χ4n) is 4.45. The Morgan fingerprint density at radius 3 is 2.49 bits per heavy atom. The van der Waals surface area contributed by atoms with E-state index in [-0.39, 0.29) is 12.0 Å². The first kappa shape index (κ1) is 24.7. The molecular formula is C29H33N3O3. The number of ether oxygens (including phenoxy) is 1. The number of rotatable bonds is 11. The third-order valence-electron chi connectivity index (χ3n) is 6.34. The summed E-state index contributed by atoms with van der Waals surface area (Å²) in [4.78, 5) is 17.7. The van der Waals surface area contributed by atoms with Crippen LogP contribution >= 0.6 is 0 Å². The van der Waals surface area contributed by atoms with E-state index in [9.17, 15) is 4.79 Å². The number of nitrogens with zero attached hydrogens (tertiary/aromatic N) is 3. The van der Waals surface area contributed by atoms with Crippen LogP contribution in [0.3, 0.4) is 0 Å². The number of aryl methyl sites for hydroxylation is 1. The van der Waals surface area contributed by atoms with Gasteiger partial charge in [-0.3, -0.25) is 9.69 Å². The molecule has 182 valence electrons. The minimum absolute atomic E-state index is 0.0710. The molecule has 0 aliphatic carbocycles. The molecule has 1 aromatic heterocycles. The van der Waals surface area contributed by atoms with Crippen molar-refractivity contribution >= 4 is 5.91 Å². The van der Waals surface area contributed by atoms with Gasteiger partial charge in [0.1, 0.15) is 11.5 Å². The molecule has 0 unspecified atom stereocenters. The molecule has 2 aromatic carbocycles. The highest BCUT2D eigenvalue weighted by Gasteiger charge is 2.24. The van der Waals surface area contributed by atoms with Gasteiger partial charge in [-0.25, -0.2) is 0 Å². The highest BCUT2D eigenvalue weighted by molar-refractivity contribution is 5.78. The van der Waals surface area contributed by atoms with Crippen LogP contribution in [0.1, 0.15) is 41.1 Å². The predicted octanol–water partition coefficient (Wildman–Crippen LogP) is 4.71. The molecule has 1 amide bonds. The Morgan fingerprint density at radius 1 is 1.03 bits per heavy atom. The Kier molecular flexibility index (Phi) is 8.72. The van der Waals surface area contributed by atoms with Gasteiger partial charge in [0, 0.05) is 26.2 Å². The van der Waals surface area contributed by atoms with Gasteiger partial charge in [-0.1, -0.05) is 42.5 Å². The van der Waals surface area contributed by atoms with Gasteiger partial charge in [0.15, 0.2) is 0 Å². The minimum atomic E-state index is 0.0710. The van der Waals surface area contributed by atoms with Crippen LogP contribution in [0.5, 0.6) is 0 Å². The number of carbonyl (C=O) groups is 1. The SMILES string of the molecule is Cc1ccc(CN(CCc2ccccc2)C(=O)CN(Cc2ccc(C#N)cc2)C[C@@H]2CCCO2)o1. The lowest BCUT2D eigenvalue weighted by Gasteiger charge is -2.29. The first-order valence-corrected chi connectivity index (χ1v) is 12.3. The Morgan fingerprint density at radius 2 is 1.83 bits per heavy atom. The third kappa shape index (κ3) is 7.54. The second kappa shape index (κ2) is 12.3. The second-order valence-corrected chi connectivity index (χ2v) is 9.18. The van der Waals surface area contributed by atoms with Crippen LogP contribution in [0.4, 0.5) is 0 Å². The molecule has 1 atom stereocenters. The molecule has 0 radical (unpaired) electrons. The van der Waals surface area contributed by atoms with Crippen molar-refractivity contribution in [2.45, 2.75) is 45.4 Å². The predicted molar refractivity (Wildman–Crippen MR) is 134 cm³/mol. The van der Waals surface area contributed by atoms with E-state index in [0.29, 0.717) is 38.3 Å². The van der Waals surface area contributed by atoms with Crippen molar-refractivity contribution in [2.24, 2.45) is 0 Å². The summed E-state index contributed by atoms with van der Waals surface area (Å²) in [7, 11) is 0. The van der Waals surface area contributed by atoms with Crippen molar-refractivity contribution in [3.8, 4) is 6.07 Å². The lowest BCUT2D eigenvalue weighted by molar-refractivity contribution is -0.133. The van der Waals surface area contributed by atoms with Gasteiger partial charge in [-0.05, 0) is 61.6 Å². The third-order valence-corrected chi connectivity index (χ3v) is 6.34. The van der Waals surface area contributed by atoms with Gasteiger partial charge in [0.2, 0.25) is 5.91 Å². The fraction of sp³-hybridized carbons (Fsp3) is 0.379. The van der Waals surface area contributed by atoms with Crippen molar-refractivity contribution in [2.75, 3.05) is 26.2 Å². The summed E-state index contributed by atoms with van der Waals surface area (Å²) in [5.41, 5.74) is 2.92. The normalized spacial score (nSPS) is 15.3. The minimum Gasteiger partial charge on any atom is -0.464 e. The highest BCUT2D eigenvalue weighted by Crippen LogP contribution is 2.17. The Labute approximate surface area is 207 Å². The average molecular weight is 472 g/mol. The average Bonchev–Trinajstić information content (AvgIpc) is 3.54. The molecule has 1 aliphatic heterocycles. The quantitative estimate of drug-likeness (QED) is 0.405. The summed E-state index contributed by atoms with van der Waals surface area (Å²) in [6.07, 6.45) is 3.01. The summed E-state index contributed by atoms with van der Waals surface area (Å²) in [5, 5.41) is 9.10. The Bertz CT molecular complexity index is 1110. The number of hydrogen-bond donors (Lipinski definition) is 0. The molecule has 0 saturated carbocycles. The van der Waals surface area contributed by atoms with Crippen molar-refractivity contribution in [1.82, 2.24) is 9.80 Å². The molecule has 6 heteroatoms. The molecule has 1 saturated heterocycles. The van der Waals surface area contributed by atoms with E-state index in [1.54, 1.807) is 0 Å². The zero-order valence-corrected chi connectivity index (χ0v) is 20.4. The standard InChI is InChI=1S/C29H33N3O3/c1-23-9-14-28(35-23)21-32(16-15-24-6-3-2-4-7-24)29(33)22-31(20-27-8-5-17-34-27)19-26-12-10-25(18-30)11-13-26/h2-4,6-7,9-14,27H,5,8,15-17,19-22H2,1H3/t27-/m0/s1. The molecule has 35 heavy (non-hydrogen) atoms. The Balaban J connectivity index is 1.47.